The van der Waals surface area contributed by atoms with Crippen molar-refractivity contribution in [3.05, 3.63) is 0 Å². The number of rotatable bonds is 4. The topological polar surface area (TPSA) is 80.9 Å². The molecule has 0 aromatic heterocycles. The Balaban J connectivity index is 0. The van der Waals surface area contributed by atoms with E-state index >= 15 is 0 Å². The van der Waals surface area contributed by atoms with Crippen molar-refractivity contribution >= 4 is 6.15 Å². The fourth-order valence-corrected chi connectivity index (χ4v) is 2.42. The monoisotopic (exact) mass is 214 g/mol. The van der Waals surface area contributed by atoms with Crippen LogP contribution in [0, 0.1) is 0 Å². The van der Waals surface area contributed by atoms with Crippen LogP contribution in [-0.4, -0.2) is 50.6 Å². The van der Waals surface area contributed by atoms with Gasteiger partial charge >= 0.3 is 29.6 Å². The first-order valence-electron chi connectivity index (χ1n) is 4.68. The van der Waals surface area contributed by atoms with E-state index in [9.17, 15) is 20.4 Å². The van der Waals surface area contributed by atoms with Gasteiger partial charge in [0.15, 0.2) is 0 Å². The number of aliphatic hydroxyl groups is 4. The van der Waals surface area contributed by atoms with Crippen molar-refractivity contribution in [1.82, 2.24) is 0 Å². The molecule has 4 nitrogen and oxygen atoms in total. The van der Waals surface area contributed by atoms with Gasteiger partial charge in [0.05, 0.1) is 0 Å². The summed E-state index contributed by atoms with van der Waals surface area (Å²) in [7, 11) is 0. The molecule has 0 rings (SSSR count). The molecule has 0 aliphatic heterocycles. The predicted molar refractivity (Wildman–Crippen MR) is 52.5 cm³/mol. The van der Waals surface area contributed by atoms with Gasteiger partial charge in [-0.2, -0.15) is 0 Å². The Morgan fingerprint density at radius 3 is 0.786 bits per heavy atom. The fraction of sp³-hybridized carbons (Fsp3) is 1.00. The van der Waals surface area contributed by atoms with Gasteiger partial charge in [0.1, 0.15) is 6.15 Å². The van der Waals surface area contributed by atoms with E-state index in [2.05, 4.69) is 0 Å². The number of hydrogen-bond donors (Lipinski definition) is 4. The first kappa shape index (κ1) is 17.3. The van der Waals surface area contributed by atoms with Crippen molar-refractivity contribution in [1.29, 1.82) is 0 Å². The Hall–Kier alpha value is 0.905. The molecule has 4 N–H and O–H groups in total. The van der Waals surface area contributed by atoms with E-state index in [-0.39, 0.29) is 29.6 Å². The molecule has 6 heteroatoms. The van der Waals surface area contributed by atoms with Gasteiger partial charge in [0.2, 0.25) is 0 Å². The van der Waals surface area contributed by atoms with E-state index in [0.29, 0.717) is 0 Å². The molecule has 4 atom stereocenters. The van der Waals surface area contributed by atoms with Gasteiger partial charge in [-0.15, -0.1) is 0 Å². The average Bonchev–Trinajstić information content (AvgIpc) is 1.82. The quantitative estimate of drug-likeness (QED) is 0.361. The first-order valence-corrected chi connectivity index (χ1v) is 4.68. The summed E-state index contributed by atoms with van der Waals surface area (Å²) >= 11 is 0. The second kappa shape index (κ2) is 6.48. The summed E-state index contributed by atoms with van der Waals surface area (Å²) in [6.45, 7) is 5.91. The maximum atomic E-state index is 9.52. The second-order valence-corrected chi connectivity index (χ2v) is 4.12. The van der Waals surface area contributed by atoms with E-state index in [1.165, 1.54) is 27.7 Å². The van der Waals surface area contributed by atoms with Crippen LogP contribution in [0.3, 0.4) is 0 Å². The minimum absolute atomic E-state index is 0. The van der Waals surface area contributed by atoms with Gasteiger partial charge < -0.3 is 20.4 Å². The van der Waals surface area contributed by atoms with Crippen molar-refractivity contribution in [3.8, 4) is 0 Å². The van der Waals surface area contributed by atoms with Crippen LogP contribution in [-0.2, 0) is 0 Å². The fourth-order valence-electron chi connectivity index (χ4n) is 2.42. The van der Waals surface area contributed by atoms with Gasteiger partial charge in [-0.25, -0.2) is 0 Å². The third kappa shape index (κ3) is 2.95. The SMILES string of the molecule is CC(O)[B-](C(C)O)(C(C)O)C(C)O.[Na+]. The van der Waals surface area contributed by atoms with Crippen LogP contribution in [0.15, 0.2) is 0 Å². The summed E-state index contributed by atoms with van der Waals surface area (Å²) < 4.78 is 0. The number of aliphatic hydroxyl groups excluding tert-OH is 4. The van der Waals surface area contributed by atoms with Crippen LogP contribution in [0.25, 0.3) is 0 Å². The molecule has 0 radical (unpaired) electrons. The Labute approximate surface area is 108 Å². The summed E-state index contributed by atoms with van der Waals surface area (Å²) in [4.78, 5) is 0. The predicted octanol–water partition coefficient (Wildman–Crippen LogP) is -3.88. The van der Waals surface area contributed by atoms with Crippen LogP contribution in [0.4, 0.5) is 0 Å². The molecule has 4 unspecified atom stereocenters. The van der Waals surface area contributed by atoms with Gasteiger partial charge in [-0.05, 0) is 0 Å². The molecule has 0 spiro atoms. The standard InChI is InChI=1S/C8H20BO4.Na/c1-5(10)9(6(2)11,7(3)12)8(4)13;/h5-8,10-13H,1-4H3;/q-1;+1. The molecule has 0 aliphatic carbocycles. The smallest absolute Gasteiger partial charge is 0.431 e. The number of hydrogen-bond acceptors (Lipinski definition) is 4. The van der Waals surface area contributed by atoms with E-state index in [1.54, 1.807) is 0 Å². The van der Waals surface area contributed by atoms with Gasteiger partial charge in [-0.1, -0.05) is 51.7 Å². The van der Waals surface area contributed by atoms with Crippen molar-refractivity contribution in [2.45, 2.75) is 51.7 Å². The van der Waals surface area contributed by atoms with E-state index in [4.69, 9.17) is 0 Å². The summed E-state index contributed by atoms with van der Waals surface area (Å²) in [5.41, 5.74) is 0. The molecule has 0 amide bonds. The van der Waals surface area contributed by atoms with Crippen molar-refractivity contribution in [3.63, 3.8) is 0 Å². The molecule has 0 heterocycles. The van der Waals surface area contributed by atoms with E-state index in [1.807, 2.05) is 0 Å². The maximum absolute atomic E-state index is 9.52. The third-order valence-corrected chi connectivity index (χ3v) is 3.34. The van der Waals surface area contributed by atoms with E-state index in [0.717, 1.165) is 0 Å². The van der Waals surface area contributed by atoms with Crippen LogP contribution < -0.4 is 29.6 Å². The zero-order valence-corrected chi connectivity index (χ0v) is 11.7. The molecular formula is C8H20BNaO4. The Kier molecular flexibility index (Phi) is 8.01. The third-order valence-electron chi connectivity index (χ3n) is 3.34. The van der Waals surface area contributed by atoms with Gasteiger partial charge in [0, 0.05) is 0 Å². The van der Waals surface area contributed by atoms with Crippen molar-refractivity contribution < 1.29 is 50.0 Å². The van der Waals surface area contributed by atoms with Crippen LogP contribution >= 0.6 is 0 Å². The molecule has 0 aromatic rings. The zero-order chi connectivity index (χ0) is 10.8. The second-order valence-electron chi connectivity index (χ2n) is 4.12. The molecule has 0 saturated carbocycles. The Morgan fingerprint density at radius 1 is 0.643 bits per heavy atom. The summed E-state index contributed by atoms with van der Waals surface area (Å²) in [5.74, 6) is 0. The molecular weight excluding hydrogens is 194 g/mol. The van der Waals surface area contributed by atoms with Gasteiger partial charge in [0.25, 0.3) is 0 Å². The van der Waals surface area contributed by atoms with Crippen molar-refractivity contribution in [2.24, 2.45) is 0 Å². The van der Waals surface area contributed by atoms with Crippen LogP contribution in [0.1, 0.15) is 27.7 Å². The normalized spacial score (nSPS) is 24.0. The Bertz CT molecular complexity index is 124. The van der Waals surface area contributed by atoms with Crippen LogP contribution in [0.5, 0.6) is 0 Å². The molecule has 0 fully saturated rings. The summed E-state index contributed by atoms with van der Waals surface area (Å²) in [6.07, 6.45) is -2.00. The molecule has 0 saturated heterocycles. The molecule has 0 bridgehead atoms. The minimum Gasteiger partial charge on any atom is -0.431 e. The zero-order valence-electron chi connectivity index (χ0n) is 9.68. The first-order chi connectivity index (χ1) is 5.77. The maximum Gasteiger partial charge on any atom is 1.00 e. The molecule has 0 aromatic carbocycles. The molecule has 80 valence electrons. The minimum atomic E-state index is -2.00. The van der Waals surface area contributed by atoms with Gasteiger partial charge in [-0.3, -0.25) is 0 Å². The summed E-state index contributed by atoms with van der Waals surface area (Å²) in [5, 5.41) is 38.1. The van der Waals surface area contributed by atoms with Crippen LogP contribution in [0.2, 0.25) is 0 Å². The summed E-state index contributed by atoms with van der Waals surface area (Å²) in [6, 6.07) is -3.67. The average molecular weight is 214 g/mol. The van der Waals surface area contributed by atoms with E-state index < -0.39 is 30.2 Å². The Morgan fingerprint density at radius 2 is 0.786 bits per heavy atom. The largest absolute Gasteiger partial charge is 1.00 e. The molecule has 0 aliphatic rings. The molecule has 14 heavy (non-hydrogen) atoms. The van der Waals surface area contributed by atoms with Crippen molar-refractivity contribution in [2.75, 3.05) is 0 Å².